The summed E-state index contributed by atoms with van der Waals surface area (Å²) in [6.45, 7) is 3.70. The summed E-state index contributed by atoms with van der Waals surface area (Å²) in [5.74, 6) is 0.744. The minimum atomic E-state index is -1.25. The maximum Gasteiger partial charge on any atom is 0.119 e. The van der Waals surface area contributed by atoms with E-state index in [1.165, 1.54) is 0 Å². The van der Waals surface area contributed by atoms with Crippen LogP contribution >= 0.6 is 11.6 Å². The normalized spacial score (nSPS) is 13.4. The molecule has 3 rings (SSSR count). The molecule has 0 aliphatic heterocycles. The molecule has 1 atom stereocenters. The molecule has 0 amide bonds. The highest BCUT2D eigenvalue weighted by molar-refractivity contribution is 6.34. The molecule has 0 spiro atoms. The number of hydrogen-bond donors (Lipinski definition) is 2. The number of aliphatic hydroxyl groups is 2. The van der Waals surface area contributed by atoms with E-state index in [9.17, 15) is 5.11 Å². The van der Waals surface area contributed by atoms with Gasteiger partial charge in [0.05, 0.1) is 23.5 Å². The van der Waals surface area contributed by atoms with Gasteiger partial charge in [-0.3, -0.25) is 0 Å². The molecule has 1 aromatic heterocycles. The van der Waals surface area contributed by atoms with E-state index in [1.54, 1.807) is 18.7 Å². The summed E-state index contributed by atoms with van der Waals surface area (Å²) in [6.07, 6.45) is 0.814. The zero-order valence-electron chi connectivity index (χ0n) is 16.3. The molecule has 0 saturated carbocycles. The smallest absolute Gasteiger partial charge is 0.119 e. The molecule has 1 unspecified atom stereocenters. The van der Waals surface area contributed by atoms with Crippen molar-refractivity contribution in [3.63, 3.8) is 0 Å². The molecule has 3 aromatic rings. The number of aromatic nitrogens is 2. The van der Waals surface area contributed by atoms with Crippen molar-refractivity contribution in [2.45, 2.75) is 32.3 Å². The Morgan fingerprint density at radius 2 is 1.75 bits per heavy atom. The highest BCUT2D eigenvalue weighted by Gasteiger charge is 2.32. The van der Waals surface area contributed by atoms with Gasteiger partial charge in [0.15, 0.2) is 0 Å². The minimum absolute atomic E-state index is 0.00221. The van der Waals surface area contributed by atoms with Gasteiger partial charge in [-0.1, -0.05) is 41.4 Å². The monoisotopic (exact) mass is 400 g/mol. The van der Waals surface area contributed by atoms with Crippen molar-refractivity contribution in [2.24, 2.45) is 0 Å². The SMILES string of the molecule is COc1ccc(-n2nc(C(C)(O)CCCO)c(Cl)c2-c2ccc(C)cc2)cc1. The second-order valence-corrected chi connectivity index (χ2v) is 7.47. The summed E-state index contributed by atoms with van der Waals surface area (Å²) in [7, 11) is 1.62. The van der Waals surface area contributed by atoms with Gasteiger partial charge < -0.3 is 14.9 Å². The van der Waals surface area contributed by atoms with Crippen molar-refractivity contribution in [1.29, 1.82) is 0 Å². The van der Waals surface area contributed by atoms with Gasteiger partial charge in [0.2, 0.25) is 0 Å². The highest BCUT2D eigenvalue weighted by Crippen LogP contribution is 2.39. The Hall–Kier alpha value is -2.34. The zero-order chi connectivity index (χ0) is 20.3. The van der Waals surface area contributed by atoms with Gasteiger partial charge in [-0.15, -0.1) is 0 Å². The first-order chi connectivity index (χ1) is 13.4. The fraction of sp³-hybridized carbons (Fsp3) is 0.318. The molecular formula is C22H25ClN2O3. The molecule has 6 heteroatoms. The van der Waals surface area contributed by atoms with Crippen LogP contribution in [-0.4, -0.2) is 33.7 Å². The van der Waals surface area contributed by atoms with Crippen molar-refractivity contribution in [2.75, 3.05) is 13.7 Å². The summed E-state index contributed by atoms with van der Waals surface area (Å²) >= 11 is 6.75. The standard InChI is InChI=1S/C22H25ClN2O3/c1-15-5-7-16(8-6-15)20-19(23)21(22(2,27)13-4-14-26)24-25(20)17-9-11-18(28-3)12-10-17/h5-12,26-27H,4,13-14H2,1-3H3. The third-order valence-corrected chi connectivity index (χ3v) is 5.16. The number of aliphatic hydroxyl groups excluding tert-OH is 1. The first kappa shape index (κ1) is 20.4. The van der Waals surface area contributed by atoms with Crippen LogP contribution < -0.4 is 4.74 Å². The Bertz CT molecular complexity index is 932. The van der Waals surface area contributed by atoms with Gasteiger partial charge in [0.25, 0.3) is 0 Å². The molecule has 0 aliphatic rings. The number of aryl methyl sites for hydroxylation is 1. The van der Waals surface area contributed by atoms with Crippen LogP contribution in [0.4, 0.5) is 0 Å². The van der Waals surface area contributed by atoms with Gasteiger partial charge in [-0.2, -0.15) is 5.10 Å². The first-order valence-electron chi connectivity index (χ1n) is 9.21. The largest absolute Gasteiger partial charge is 0.497 e. The number of methoxy groups -OCH3 is 1. The first-order valence-corrected chi connectivity index (χ1v) is 9.59. The van der Waals surface area contributed by atoms with Crippen molar-refractivity contribution in [1.82, 2.24) is 9.78 Å². The molecule has 148 valence electrons. The molecule has 2 aromatic carbocycles. The van der Waals surface area contributed by atoms with Crippen LogP contribution in [0.15, 0.2) is 48.5 Å². The highest BCUT2D eigenvalue weighted by atomic mass is 35.5. The van der Waals surface area contributed by atoms with Crippen LogP contribution in [0.1, 0.15) is 31.0 Å². The molecule has 0 aliphatic carbocycles. The average molecular weight is 401 g/mol. The van der Waals surface area contributed by atoms with E-state index < -0.39 is 5.60 Å². The summed E-state index contributed by atoms with van der Waals surface area (Å²) in [4.78, 5) is 0. The Morgan fingerprint density at radius 3 is 2.32 bits per heavy atom. The maximum absolute atomic E-state index is 11.0. The van der Waals surface area contributed by atoms with Crippen LogP contribution in [0.25, 0.3) is 16.9 Å². The summed E-state index contributed by atoms with van der Waals surface area (Å²) in [6, 6.07) is 15.5. The predicted octanol–water partition coefficient (Wildman–Crippen LogP) is 4.49. The lowest BCUT2D eigenvalue weighted by Gasteiger charge is -2.21. The van der Waals surface area contributed by atoms with Crippen LogP contribution in [0, 0.1) is 6.92 Å². The summed E-state index contributed by atoms with van der Waals surface area (Å²) in [5.41, 5.74) is 2.72. The third-order valence-electron chi connectivity index (χ3n) is 4.80. The van der Waals surface area contributed by atoms with Crippen LogP contribution in [-0.2, 0) is 5.60 Å². The summed E-state index contributed by atoms with van der Waals surface area (Å²) < 4.78 is 6.99. The van der Waals surface area contributed by atoms with E-state index in [-0.39, 0.29) is 6.61 Å². The summed E-state index contributed by atoms with van der Waals surface area (Å²) in [5, 5.41) is 25.2. The molecule has 2 N–H and O–H groups in total. The topological polar surface area (TPSA) is 67.5 Å². The quantitative estimate of drug-likeness (QED) is 0.613. The molecule has 0 fully saturated rings. The van der Waals surface area contributed by atoms with Gasteiger partial charge in [-0.05, 0) is 51.0 Å². The Morgan fingerprint density at radius 1 is 1.11 bits per heavy atom. The fourth-order valence-electron chi connectivity index (χ4n) is 3.16. The van der Waals surface area contributed by atoms with Gasteiger partial charge in [0.1, 0.15) is 17.0 Å². The van der Waals surface area contributed by atoms with E-state index in [1.807, 2.05) is 55.5 Å². The predicted molar refractivity (Wildman–Crippen MR) is 111 cm³/mol. The number of hydrogen-bond acceptors (Lipinski definition) is 4. The van der Waals surface area contributed by atoms with Crippen LogP contribution in [0.3, 0.4) is 0 Å². The van der Waals surface area contributed by atoms with E-state index in [2.05, 4.69) is 5.10 Å². The van der Waals surface area contributed by atoms with E-state index >= 15 is 0 Å². The van der Waals surface area contributed by atoms with Crippen molar-refractivity contribution in [3.8, 4) is 22.7 Å². The van der Waals surface area contributed by atoms with Crippen molar-refractivity contribution >= 4 is 11.6 Å². The zero-order valence-corrected chi connectivity index (χ0v) is 17.1. The van der Waals surface area contributed by atoms with E-state index in [0.717, 1.165) is 22.6 Å². The Balaban J connectivity index is 2.18. The maximum atomic E-state index is 11.0. The lowest BCUT2D eigenvalue weighted by Crippen LogP contribution is -2.23. The van der Waals surface area contributed by atoms with Crippen LogP contribution in [0.5, 0.6) is 5.75 Å². The second-order valence-electron chi connectivity index (χ2n) is 7.09. The van der Waals surface area contributed by atoms with Crippen molar-refractivity contribution in [3.05, 3.63) is 64.8 Å². The number of nitrogens with zero attached hydrogens (tertiary/aromatic N) is 2. The molecule has 1 heterocycles. The van der Waals surface area contributed by atoms with Gasteiger partial charge >= 0.3 is 0 Å². The third kappa shape index (κ3) is 4.07. The van der Waals surface area contributed by atoms with Gasteiger partial charge in [0, 0.05) is 12.2 Å². The molecule has 0 radical (unpaired) electrons. The van der Waals surface area contributed by atoms with Gasteiger partial charge in [-0.25, -0.2) is 4.68 Å². The lowest BCUT2D eigenvalue weighted by atomic mass is 9.95. The fourth-order valence-corrected chi connectivity index (χ4v) is 3.59. The molecular weight excluding hydrogens is 376 g/mol. The number of ether oxygens (including phenoxy) is 1. The average Bonchev–Trinajstić information content (AvgIpc) is 3.05. The Kier molecular flexibility index (Phi) is 6.08. The van der Waals surface area contributed by atoms with Crippen LogP contribution in [0.2, 0.25) is 5.02 Å². The van der Waals surface area contributed by atoms with E-state index in [0.29, 0.717) is 29.3 Å². The Labute approximate surface area is 170 Å². The molecule has 0 saturated heterocycles. The number of rotatable bonds is 7. The molecule has 0 bridgehead atoms. The minimum Gasteiger partial charge on any atom is -0.497 e. The number of halogens is 1. The van der Waals surface area contributed by atoms with Crippen molar-refractivity contribution < 1.29 is 14.9 Å². The lowest BCUT2D eigenvalue weighted by molar-refractivity contribution is 0.0358. The molecule has 5 nitrogen and oxygen atoms in total. The second kappa shape index (κ2) is 8.35. The van der Waals surface area contributed by atoms with E-state index in [4.69, 9.17) is 21.4 Å². The molecule has 28 heavy (non-hydrogen) atoms. The number of benzene rings is 2.